The predicted octanol–water partition coefficient (Wildman–Crippen LogP) is 2.29. The summed E-state index contributed by atoms with van der Waals surface area (Å²) in [5.41, 5.74) is 6.15. The Labute approximate surface area is 111 Å². The molecule has 0 aliphatic rings. The molecule has 0 bridgehead atoms. The van der Waals surface area contributed by atoms with Gasteiger partial charge in [0.25, 0.3) is 0 Å². The lowest BCUT2D eigenvalue weighted by atomic mass is 10.2. The molecule has 2 aromatic rings. The lowest BCUT2D eigenvalue weighted by molar-refractivity contribution is 0.535. The average Bonchev–Trinajstić information content (AvgIpc) is 2.36. The van der Waals surface area contributed by atoms with E-state index in [0.29, 0.717) is 6.42 Å². The van der Waals surface area contributed by atoms with Crippen LogP contribution in [0.15, 0.2) is 41.6 Å². The third kappa shape index (κ3) is 3.35. The monoisotopic (exact) mass is 282 g/mol. The summed E-state index contributed by atoms with van der Waals surface area (Å²) in [5.74, 6) is -1.62. The lowest BCUT2D eigenvalue weighted by Gasteiger charge is -2.06. The fourth-order valence-corrected chi connectivity index (χ4v) is 2.83. The number of hydrogen-bond donors (Lipinski definition) is 1. The highest BCUT2D eigenvalue weighted by Crippen LogP contribution is 2.21. The number of anilines is 1. The number of nitrogens with zero attached hydrogens (tertiary/aromatic N) is 1. The predicted molar refractivity (Wildman–Crippen MR) is 70.0 cm³/mol. The van der Waals surface area contributed by atoms with Gasteiger partial charge in [-0.05, 0) is 30.2 Å². The highest BCUT2D eigenvalue weighted by Gasteiger charge is 2.16. The third-order valence-electron chi connectivity index (χ3n) is 2.55. The maximum absolute atomic E-state index is 13.6. The molecule has 0 spiro atoms. The van der Waals surface area contributed by atoms with E-state index >= 15 is 0 Å². The number of nitrogen functional groups attached to an aromatic ring is 1. The van der Waals surface area contributed by atoms with Gasteiger partial charge in [-0.3, -0.25) is 9.19 Å². The molecule has 0 amide bonds. The van der Waals surface area contributed by atoms with Crippen molar-refractivity contribution in [2.75, 3.05) is 11.5 Å². The number of hydrogen-bond acceptors (Lipinski definition) is 3. The van der Waals surface area contributed by atoms with E-state index in [1.54, 1.807) is 18.5 Å². The number of pyridine rings is 1. The van der Waals surface area contributed by atoms with Crippen LogP contribution in [0.1, 0.15) is 5.56 Å². The van der Waals surface area contributed by atoms with Crippen LogP contribution in [0.3, 0.4) is 0 Å². The second-order valence-corrected chi connectivity index (χ2v) is 5.48. The minimum absolute atomic E-state index is 0.0250. The van der Waals surface area contributed by atoms with Crippen molar-refractivity contribution in [1.82, 2.24) is 4.98 Å². The fraction of sp³-hybridized carbons (Fsp3) is 0.154. The van der Waals surface area contributed by atoms with E-state index < -0.39 is 27.3 Å². The molecule has 1 heterocycles. The molecule has 1 unspecified atom stereocenters. The van der Waals surface area contributed by atoms with Gasteiger partial charge in [-0.25, -0.2) is 8.78 Å². The Balaban J connectivity index is 2.13. The Bertz CT molecular complexity index is 582. The first-order valence-corrected chi connectivity index (χ1v) is 6.91. The van der Waals surface area contributed by atoms with Gasteiger partial charge >= 0.3 is 0 Å². The average molecular weight is 282 g/mol. The molecule has 0 saturated carbocycles. The van der Waals surface area contributed by atoms with Crippen molar-refractivity contribution in [3.8, 4) is 0 Å². The first-order chi connectivity index (χ1) is 9.08. The molecular formula is C13H12F2N2OS. The summed E-state index contributed by atoms with van der Waals surface area (Å²) in [7, 11) is -1.75. The van der Waals surface area contributed by atoms with Gasteiger partial charge in [0.2, 0.25) is 0 Å². The highest BCUT2D eigenvalue weighted by atomic mass is 32.2. The number of benzene rings is 1. The zero-order valence-corrected chi connectivity index (χ0v) is 10.8. The van der Waals surface area contributed by atoms with Crippen LogP contribution in [0.2, 0.25) is 0 Å². The first-order valence-electron chi connectivity index (χ1n) is 5.59. The van der Waals surface area contributed by atoms with Crippen LogP contribution >= 0.6 is 0 Å². The molecule has 1 atom stereocenters. The zero-order chi connectivity index (χ0) is 13.8. The molecule has 3 nitrogen and oxygen atoms in total. The van der Waals surface area contributed by atoms with Crippen LogP contribution in [-0.4, -0.2) is 14.9 Å². The summed E-state index contributed by atoms with van der Waals surface area (Å²) in [6.07, 6.45) is 3.69. The molecule has 0 radical (unpaired) electrons. The summed E-state index contributed by atoms with van der Waals surface area (Å²) in [6.45, 7) is 0. The molecule has 1 aromatic carbocycles. The molecule has 1 aromatic heterocycles. The van der Waals surface area contributed by atoms with Crippen LogP contribution in [0.4, 0.5) is 14.5 Å². The number of aromatic nitrogens is 1. The van der Waals surface area contributed by atoms with Gasteiger partial charge in [0.05, 0.1) is 10.8 Å². The van der Waals surface area contributed by atoms with Crippen LogP contribution in [0.5, 0.6) is 0 Å². The molecular weight excluding hydrogens is 270 g/mol. The standard InChI is InChI=1S/C13H12F2N2OS/c14-11-6-10(16)7-12(15)13(11)19(18)5-3-9-2-1-4-17-8-9/h1-2,4,6-8H,3,5,16H2. The Hall–Kier alpha value is -1.82. The van der Waals surface area contributed by atoms with Crippen molar-refractivity contribution >= 4 is 16.5 Å². The topological polar surface area (TPSA) is 56.0 Å². The highest BCUT2D eigenvalue weighted by molar-refractivity contribution is 7.85. The Morgan fingerprint density at radius 2 is 1.95 bits per heavy atom. The van der Waals surface area contributed by atoms with E-state index in [1.165, 1.54) is 0 Å². The molecule has 100 valence electrons. The van der Waals surface area contributed by atoms with Gasteiger partial charge in [-0.1, -0.05) is 6.07 Å². The first kappa shape index (κ1) is 13.6. The molecule has 2 N–H and O–H groups in total. The van der Waals surface area contributed by atoms with Gasteiger partial charge in [0.15, 0.2) is 0 Å². The molecule has 0 aliphatic carbocycles. The third-order valence-corrected chi connectivity index (χ3v) is 3.97. The number of aryl methyl sites for hydroxylation is 1. The second-order valence-electron chi connectivity index (χ2n) is 3.97. The zero-order valence-electron chi connectivity index (χ0n) is 9.98. The molecule has 19 heavy (non-hydrogen) atoms. The van der Waals surface area contributed by atoms with Gasteiger partial charge in [0.1, 0.15) is 16.5 Å². The maximum Gasteiger partial charge on any atom is 0.144 e. The number of halogens is 2. The van der Waals surface area contributed by atoms with Gasteiger partial charge < -0.3 is 5.73 Å². The normalized spacial score (nSPS) is 12.3. The quantitative estimate of drug-likeness (QED) is 0.875. The molecule has 2 rings (SSSR count). The fourth-order valence-electron chi connectivity index (χ4n) is 1.66. The van der Waals surface area contributed by atoms with Crippen LogP contribution in [0.25, 0.3) is 0 Å². The van der Waals surface area contributed by atoms with Crippen molar-refractivity contribution in [3.63, 3.8) is 0 Å². The minimum Gasteiger partial charge on any atom is -0.399 e. The molecule has 0 saturated heterocycles. The van der Waals surface area contributed by atoms with Gasteiger partial charge in [0, 0.05) is 23.8 Å². The minimum atomic E-state index is -1.75. The van der Waals surface area contributed by atoms with Crippen molar-refractivity contribution in [2.45, 2.75) is 11.3 Å². The van der Waals surface area contributed by atoms with Crippen molar-refractivity contribution < 1.29 is 13.0 Å². The number of rotatable bonds is 4. The number of nitrogens with two attached hydrogens (primary N) is 1. The van der Waals surface area contributed by atoms with E-state index in [4.69, 9.17) is 5.73 Å². The van der Waals surface area contributed by atoms with Crippen molar-refractivity contribution in [3.05, 3.63) is 53.9 Å². The van der Waals surface area contributed by atoms with E-state index in [-0.39, 0.29) is 11.4 Å². The maximum atomic E-state index is 13.6. The summed E-state index contributed by atoms with van der Waals surface area (Å²) < 4.78 is 39.1. The SMILES string of the molecule is Nc1cc(F)c(S(=O)CCc2cccnc2)c(F)c1. The second kappa shape index (κ2) is 5.88. The molecule has 0 fully saturated rings. The Kier molecular flexibility index (Phi) is 4.21. The Morgan fingerprint density at radius 1 is 1.26 bits per heavy atom. The van der Waals surface area contributed by atoms with E-state index in [0.717, 1.165) is 17.7 Å². The van der Waals surface area contributed by atoms with Crippen molar-refractivity contribution in [2.24, 2.45) is 0 Å². The summed E-state index contributed by atoms with van der Waals surface area (Å²) in [4.78, 5) is 3.50. The van der Waals surface area contributed by atoms with E-state index in [9.17, 15) is 13.0 Å². The Morgan fingerprint density at radius 3 is 2.53 bits per heavy atom. The van der Waals surface area contributed by atoms with Crippen LogP contribution in [0, 0.1) is 11.6 Å². The van der Waals surface area contributed by atoms with Crippen molar-refractivity contribution in [1.29, 1.82) is 0 Å². The smallest absolute Gasteiger partial charge is 0.144 e. The van der Waals surface area contributed by atoms with Crippen LogP contribution in [-0.2, 0) is 17.2 Å². The largest absolute Gasteiger partial charge is 0.399 e. The van der Waals surface area contributed by atoms with Gasteiger partial charge in [-0.2, -0.15) is 0 Å². The van der Waals surface area contributed by atoms with E-state index in [2.05, 4.69) is 4.98 Å². The summed E-state index contributed by atoms with van der Waals surface area (Å²) in [5, 5.41) is 0. The van der Waals surface area contributed by atoms with Crippen LogP contribution < -0.4 is 5.73 Å². The van der Waals surface area contributed by atoms with Gasteiger partial charge in [-0.15, -0.1) is 0 Å². The summed E-state index contributed by atoms with van der Waals surface area (Å²) >= 11 is 0. The molecule has 6 heteroatoms. The lowest BCUT2D eigenvalue weighted by Crippen LogP contribution is -2.07. The molecule has 0 aliphatic heterocycles. The van der Waals surface area contributed by atoms with E-state index in [1.807, 2.05) is 6.07 Å². The summed E-state index contributed by atoms with van der Waals surface area (Å²) in [6, 6.07) is 5.52.